The molecule has 1 heterocycles. The van der Waals surface area contributed by atoms with Crippen LogP contribution in [0.3, 0.4) is 0 Å². The van der Waals surface area contributed by atoms with Crippen LogP contribution in [0.25, 0.3) is 0 Å². The molecular formula is C25H36N4O. The lowest BCUT2D eigenvalue weighted by Crippen LogP contribution is -2.45. The van der Waals surface area contributed by atoms with Crippen LogP contribution in [0.1, 0.15) is 17.5 Å². The Labute approximate surface area is 181 Å². The fourth-order valence-electron chi connectivity index (χ4n) is 3.89. The summed E-state index contributed by atoms with van der Waals surface area (Å²) in [4.78, 5) is 21.9. The predicted molar refractivity (Wildman–Crippen MR) is 123 cm³/mol. The van der Waals surface area contributed by atoms with E-state index in [0.29, 0.717) is 6.54 Å². The molecule has 0 N–H and O–H groups in total. The molecule has 0 atom stereocenters. The average molecular weight is 409 g/mol. The van der Waals surface area contributed by atoms with Gasteiger partial charge in [0, 0.05) is 52.9 Å². The van der Waals surface area contributed by atoms with E-state index in [1.165, 1.54) is 11.1 Å². The topological polar surface area (TPSA) is 30.0 Å². The van der Waals surface area contributed by atoms with Gasteiger partial charge in [0.05, 0.1) is 6.54 Å². The SMILES string of the molecule is CN1CCN(CCCN(C)C(=O)CN(Cc2ccccc2)Cc2ccccc2)CC1. The van der Waals surface area contributed by atoms with Crippen LogP contribution in [0.15, 0.2) is 60.7 Å². The molecule has 1 aliphatic heterocycles. The molecule has 0 spiro atoms. The van der Waals surface area contributed by atoms with Gasteiger partial charge >= 0.3 is 0 Å². The highest BCUT2D eigenvalue weighted by molar-refractivity contribution is 5.78. The van der Waals surface area contributed by atoms with Gasteiger partial charge in [0.15, 0.2) is 0 Å². The van der Waals surface area contributed by atoms with Gasteiger partial charge in [-0.2, -0.15) is 0 Å². The molecule has 0 saturated carbocycles. The third-order valence-corrected chi connectivity index (χ3v) is 5.85. The summed E-state index contributed by atoms with van der Waals surface area (Å²) in [5, 5.41) is 0. The van der Waals surface area contributed by atoms with E-state index < -0.39 is 0 Å². The number of hydrogen-bond donors (Lipinski definition) is 0. The zero-order chi connectivity index (χ0) is 21.2. The van der Waals surface area contributed by atoms with Crippen LogP contribution in [0.2, 0.25) is 0 Å². The van der Waals surface area contributed by atoms with Crippen LogP contribution in [-0.4, -0.2) is 85.4 Å². The molecule has 0 bridgehead atoms. The molecule has 5 heteroatoms. The van der Waals surface area contributed by atoms with Gasteiger partial charge < -0.3 is 14.7 Å². The lowest BCUT2D eigenvalue weighted by molar-refractivity contribution is -0.131. The summed E-state index contributed by atoms with van der Waals surface area (Å²) in [5.41, 5.74) is 2.47. The second-order valence-corrected chi connectivity index (χ2v) is 8.43. The number of nitrogens with zero attached hydrogens (tertiary/aromatic N) is 4. The Hall–Kier alpha value is -2.21. The molecule has 0 unspecified atom stereocenters. The summed E-state index contributed by atoms with van der Waals surface area (Å²) in [6.45, 7) is 8.43. The quantitative estimate of drug-likeness (QED) is 0.605. The number of amides is 1. The number of rotatable bonds is 10. The lowest BCUT2D eigenvalue weighted by atomic mass is 10.1. The zero-order valence-corrected chi connectivity index (χ0v) is 18.5. The van der Waals surface area contributed by atoms with Crippen molar-refractivity contribution < 1.29 is 4.79 Å². The zero-order valence-electron chi connectivity index (χ0n) is 18.5. The van der Waals surface area contributed by atoms with Crippen LogP contribution < -0.4 is 0 Å². The van der Waals surface area contributed by atoms with Gasteiger partial charge in [0.1, 0.15) is 0 Å². The molecule has 162 valence electrons. The standard InChI is InChI=1S/C25H36N4O/c1-26-16-18-28(19-17-26)15-9-14-27(2)25(30)22-29(20-23-10-5-3-6-11-23)21-24-12-7-4-8-13-24/h3-8,10-13H,9,14-22H2,1-2H3. The first-order valence-electron chi connectivity index (χ1n) is 11.1. The van der Waals surface area contributed by atoms with E-state index in [0.717, 1.165) is 58.8 Å². The fourth-order valence-corrected chi connectivity index (χ4v) is 3.89. The van der Waals surface area contributed by atoms with Crippen LogP contribution in [0, 0.1) is 0 Å². The molecule has 30 heavy (non-hydrogen) atoms. The Balaban J connectivity index is 1.49. The second-order valence-electron chi connectivity index (χ2n) is 8.43. The molecule has 0 aromatic heterocycles. The number of hydrogen-bond acceptors (Lipinski definition) is 4. The van der Waals surface area contributed by atoms with Crippen molar-refractivity contribution in [1.82, 2.24) is 19.6 Å². The first-order valence-corrected chi connectivity index (χ1v) is 11.1. The lowest BCUT2D eigenvalue weighted by Gasteiger charge is -2.32. The van der Waals surface area contributed by atoms with E-state index in [1.54, 1.807) is 0 Å². The maximum Gasteiger partial charge on any atom is 0.236 e. The largest absolute Gasteiger partial charge is 0.345 e. The Morgan fingerprint density at radius 2 is 1.40 bits per heavy atom. The first-order chi connectivity index (χ1) is 14.6. The van der Waals surface area contributed by atoms with Crippen LogP contribution in [-0.2, 0) is 17.9 Å². The molecule has 3 rings (SSSR count). The Morgan fingerprint density at radius 1 is 0.867 bits per heavy atom. The Kier molecular flexibility index (Phi) is 8.87. The predicted octanol–water partition coefficient (Wildman–Crippen LogP) is 2.78. The summed E-state index contributed by atoms with van der Waals surface area (Å²) >= 11 is 0. The molecule has 2 aromatic carbocycles. The van der Waals surface area contributed by atoms with Gasteiger partial charge in [0.2, 0.25) is 5.91 Å². The van der Waals surface area contributed by atoms with E-state index in [9.17, 15) is 4.79 Å². The van der Waals surface area contributed by atoms with Crippen molar-refractivity contribution in [2.45, 2.75) is 19.5 Å². The van der Waals surface area contributed by atoms with Crippen molar-refractivity contribution >= 4 is 5.91 Å². The number of carbonyl (C=O) groups excluding carboxylic acids is 1. The minimum absolute atomic E-state index is 0.195. The Morgan fingerprint density at radius 3 is 1.93 bits per heavy atom. The van der Waals surface area contributed by atoms with Crippen LogP contribution in [0.4, 0.5) is 0 Å². The van der Waals surface area contributed by atoms with Gasteiger partial charge in [-0.3, -0.25) is 9.69 Å². The highest BCUT2D eigenvalue weighted by Crippen LogP contribution is 2.11. The molecule has 0 radical (unpaired) electrons. The second kappa shape index (κ2) is 11.8. The van der Waals surface area contributed by atoms with Crippen LogP contribution in [0.5, 0.6) is 0 Å². The third-order valence-electron chi connectivity index (χ3n) is 5.85. The number of carbonyl (C=O) groups is 1. The maximum absolute atomic E-state index is 12.9. The number of piperazine rings is 1. The Bertz CT molecular complexity index is 703. The number of likely N-dealkylation sites (N-methyl/N-ethyl adjacent to an activating group) is 2. The minimum Gasteiger partial charge on any atom is -0.345 e. The van der Waals surface area contributed by atoms with Gasteiger partial charge in [-0.25, -0.2) is 0 Å². The van der Waals surface area contributed by atoms with E-state index in [1.807, 2.05) is 24.1 Å². The molecule has 1 aliphatic rings. The van der Waals surface area contributed by atoms with E-state index in [-0.39, 0.29) is 5.91 Å². The fraction of sp³-hybridized carbons (Fsp3) is 0.480. The molecule has 0 aliphatic carbocycles. The minimum atomic E-state index is 0.195. The molecule has 1 amide bonds. The molecular weight excluding hydrogens is 372 g/mol. The highest BCUT2D eigenvalue weighted by Gasteiger charge is 2.17. The summed E-state index contributed by atoms with van der Waals surface area (Å²) < 4.78 is 0. The monoisotopic (exact) mass is 408 g/mol. The number of benzene rings is 2. The summed E-state index contributed by atoms with van der Waals surface area (Å²) in [5.74, 6) is 0.195. The van der Waals surface area contributed by atoms with Crippen molar-refractivity contribution in [3.63, 3.8) is 0 Å². The molecule has 1 fully saturated rings. The van der Waals surface area contributed by atoms with Crippen molar-refractivity contribution in [2.75, 3.05) is 59.9 Å². The van der Waals surface area contributed by atoms with Crippen molar-refractivity contribution in [3.05, 3.63) is 71.8 Å². The summed E-state index contributed by atoms with van der Waals surface area (Å²) in [6, 6.07) is 20.8. The third kappa shape index (κ3) is 7.56. The maximum atomic E-state index is 12.9. The molecule has 1 saturated heterocycles. The average Bonchev–Trinajstić information content (AvgIpc) is 2.76. The van der Waals surface area contributed by atoms with E-state index in [2.05, 4.69) is 70.3 Å². The van der Waals surface area contributed by atoms with Gasteiger partial charge in [-0.05, 0) is 31.1 Å². The van der Waals surface area contributed by atoms with Crippen molar-refractivity contribution in [3.8, 4) is 0 Å². The molecule has 5 nitrogen and oxygen atoms in total. The van der Waals surface area contributed by atoms with E-state index >= 15 is 0 Å². The first kappa shape index (κ1) is 22.5. The summed E-state index contributed by atoms with van der Waals surface area (Å²) in [6.07, 6.45) is 1.03. The molecule has 2 aromatic rings. The summed E-state index contributed by atoms with van der Waals surface area (Å²) in [7, 11) is 4.12. The van der Waals surface area contributed by atoms with Gasteiger partial charge in [-0.1, -0.05) is 60.7 Å². The van der Waals surface area contributed by atoms with Gasteiger partial charge in [0.25, 0.3) is 0 Å². The van der Waals surface area contributed by atoms with Gasteiger partial charge in [-0.15, -0.1) is 0 Å². The smallest absolute Gasteiger partial charge is 0.236 e. The highest BCUT2D eigenvalue weighted by atomic mass is 16.2. The van der Waals surface area contributed by atoms with Crippen molar-refractivity contribution in [1.29, 1.82) is 0 Å². The van der Waals surface area contributed by atoms with Crippen molar-refractivity contribution in [2.24, 2.45) is 0 Å². The van der Waals surface area contributed by atoms with E-state index in [4.69, 9.17) is 0 Å². The van der Waals surface area contributed by atoms with Crippen LogP contribution >= 0.6 is 0 Å². The normalized spacial score (nSPS) is 15.4.